The number of nitrogens with zero attached hydrogens (tertiary/aromatic N) is 3. The lowest BCUT2D eigenvalue weighted by atomic mass is 9.94. The molecule has 10 heteroatoms. The molecule has 4 aromatic rings. The van der Waals surface area contributed by atoms with Crippen molar-refractivity contribution in [3.8, 4) is 11.5 Å². The fraction of sp³-hybridized carbons (Fsp3) is 0.200. The van der Waals surface area contributed by atoms with E-state index >= 15 is 0 Å². The summed E-state index contributed by atoms with van der Waals surface area (Å²) < 4.78 is 11.8. The van der Waals surface area contributed by atoms with E-state index in [-0.39, 0.29) is 22.6 Å². The Kier molecular flexibility index (Phi) is 7.03. The molecular weight excluding hydrogens is 546 g/mol. The quantitative estimate of drug-likeness (QED) is 0.0978. The zero-order valence-corrected chi connectivity index (χ0v) is 23.4. The summed E-state index contributed by atoms with van der Waals surface area (Å²) in [6.45, 7) is 1.98. The predicted octanol–water partition coefficient (Wildman–Crippen LogP) is 5.79. The first-order valence-corrected chi connectivity index (χ1v) is 14.5. The van der Waals surface area contributed by atoms with Crippen molar-refractivity contribution in [3.63, 3.8) is 0 Å². The monoisotopic (exact) mass is 571 g/mol. The van der Waals surface area contributed by atoms with E-state index in [0.717, 1.165) is 16.9 Å². The number of ether oxygens (including phenoxy) is 2. The molecule has 2 atom stereocenters. The minimum atomic E-state index is -0.894. The van der Waals surface area contributed by atoms with E-state index in [9.17, 15) is 14.7 Å². The van der Waals surface area contributed by atoms with Crippen LogP contribution >= 0.6 is 23.1 Å². The summed E-state index contributed by atoms with van der Waals surface area (Å²) >= 11 is 2.74. The van der Waals surface area contributed by atoms with Gasteiger partial charge in [0.1, 0.15) is 23.4 Å². The first-order chi connectivity index (χ1) is 19.4. The maximum atomic E-state index is 13.5. The lowest BCUT2D eigenvalue weighted by Crippen LogP contribution is -2.29. The van der Waals surface area contributed by atoms with Crippen LogP contribution in [0.1, 0.15) is 35.2 Å². The number of benzene rings is 3. The van der Waals surface area contributed by atoms with Gasteiger partial charge in [-0.3, -0.25) is 14.5 Å². The fourth-order valence-corrected chi connectivity index (χ4v) is 6.76. The maximum Gasteiger partial charge on any atom is 0.301 e. The Morgan fingerprint density at radius 2 is 1.88 bits per heavy atom. The van der Waals surface area contributed by atoms with Gasteiger partial charge in [0.05, 0.1) is 18.7 Å². The van der Waals surface area contributed by atoms with E-state index in [1.807, 2.05) is 43.3 Å². The first-order valence-electron chi connectivity index (χ1n) is 12.7. The molecule has 0 saturated carbocycles. The van der Waals surface area contributed by atoms with Crippen molar-refractivity contribution >= 4 is 45.7 Å². The van der Waals surface area contributed by atoms with E-state index < -0.39 is 17.7 Å². The lowest BCUT2D eigenvalue weighted by molar-refractivity contribution is -0.132. The van der Waals surface area contributed by atoms with Crippen molar-refractivity contribution < 1.29 is 24.2 Å². The van der Waals surface area contributed by atoms with Gasteiger partial charge in [-0.25, -0.2) is 0 Å². The number of fused-ring (bicyclic) bond motifs is 1. The highest BCUT2D eigenvalue weighted by Gasteiger charge is 2.48. The maximum absolute atomic E-state index is 13.5. The average molecular weight is 572 g/mol. The molecule has 3 heterocycles. The van der Waals surface area contributed by atoms with Crippen LogP contribution in [0.2, 0.25) is 0 Å². The van der Waals surface area contributed by atoms with Crippen molar-refractivity contribution in [2.24, 2.45) is 0 Å². The number of amides is 1. The summed E-state index contributed by atoms with van der Waals surface area (Å²) in [5.41, 5.74) is 3.15. The normalized spacial score (nSPS) is 19.5. The van der Waals surface area contributed by atoms with Gasteiger partial charge in [-0.2, -0.15) is 0 Å². The zero-order valence-electron chi connectivity index (χ0n) is 21.7. The minimum Gasteiger partial charge on any atom is -0.507 e. The van der Waals surface area contributed by atoms with Crippen LogP contribution in [-0.4, -0.2) is 40.2 Å². The highest BCUT2D eigenvalue weighted by molar-refractivity contribution is 8.00. The Bertz CT molecular complexity index is 1620. The Morgan fingerprint density at radius 3 is 2.62 bits per heavy atom. The van der Waals surface area contributed by atoms with Crippen LogP contribution in [0.3, 0.4) is 0 Å². The van der Waals surface area contributed by atoms with Gasteiger partial charge < -0.3 is 14.6 Å². The number of thioether (sulfide) groups is 1. The largest absolute Gasteiger partial charge is 0.507 e. The van der Waals surface area contributed by atoms with Crippen molar-refractivity contribution in [3.05, 3.63) is 101 Å². The number of methoxy groups -OCH3 is 1. The van der Waals surface area contributed by atoms with E-state index in [1.54, 1.807) is 43.5 Å². The molecular formula is C30H25N3O5S2. The molecule has 2 aliphatic heterocycles. The summed E-state index contributed by atoms with van der Waals surface area (Å²) in [7, 11) is 1.56. The number of aliphatic hydroxyl groups is 1. The van der Waals surface area contributed by atoms with Gasteiger partial charge in [0.2, 0.25) is 5.13 Å². The van der Waals surface area contributed by atoms with Crippen molar-refractivity contribution in [1.29, 1.82) is 0 Å². The Morgan fingerprint density at radius 1 is 1.10 bits per heavy atom. The summed E-state index contributed by atoms with van der Waals surface area (Å²) in [5.74, 6) is 0.284. The molecule has 40 heavy (non-hydrogen) atoms. The Hall–Kier alpha value is -4.15. The minimum absolute atomic E-state index is 0.00392. The first kappa shape index (κ1) is 26.1. The van der Waals surface area contributed by atoms with Crippen LogP contribution in [0.25, 0.3) is 5.76 Å². The second kappa shape index (κ2) is 10.8. The second-order valence-corrected chi connectivity index (χ2v) is 11.7. The molecule has 2 aliphatic rings. The van der Waals surface area contributed by atoms with Crippen LogP contribution in [0.5, 0.6) is 11.5 Å². The van der Waals surface area contributed by atoms with Gasteiger partial charge in [-0.05, 0) is 53.9 Å². The molecule has 1 amide bonds. The second-order valence-electron chi connectivity index (χ2n) is 9.52. The molecule has 0 radical (unpaired) electrons. The van der Waals surface area contributed by atoms with Gasteiger partial charge in [-0.1, -0.05) is 65.6 Å². The lowest BCUT2D eigenvalue weighted by Gasteiger charge is -2.22. The molecule has 0 spiro atoms. The van der Waals surface area contributed by atoms with E-state index in [2.05, 4.69) is 10.2 Å². The molecule has 3 aromatic carbocycles. The topological polar surface area (TPSA) is 102 Å². The van der Waals surface area contributed by atoms with Crippen LogP contribution in [0.15, 0.2) is 82.7 Å². The zero-order chi connectivity index (χ0) is 27.8. The number of rotatable bonds is 7. The molecule has 1 fully saturated rings. The Labute approximate surface area is 239 Å². The standard InChI is InChI=1S/C30H25N3O5S2/c1-17-14-21-15-20(10-13-23(21)38-17)26(34)24-25(19-8-11-22(37-2)12-9-19)33(28(36)27(24)35)29-31-32-30(40-29)39-16-18-6-4-3-5-7-18/h3-13,15,17,25,34H,14,16H2,1-2H3/b26-24+. The third-order valence-electron chi connectivity index (χ3n) is 6.85. The number of carbonyl (C=O) groups is 2. The highest BCUT2D eigenvalue weighted by atomic mass is 32.2. The molecule has 0 bridgehead atoms. The van der Waals surface area contributed by atoms with Crippen LogP contribution < -0.4 is 14.4 Å². The number of Topliss-reactive ketones (excluding diaryl/α,β-unsaturated/α-hetero) is 1. The van der Waals surface area contributed by atoms with Crippen LogP contribution in [-0.2, 0) is 21.8 Å². The number of aliphatic hydroxyl groups excluding tert-OH is 1. The van der Waals surface area contributed by atoms with Crippen molar-refractivity contribution in [1.82, 2.24) is 10.2 Å². The number of hydrogen-bond acceptors (Lipinski definition) is 9. The summed E-state index contributed by atoms with van der Waals surface area (Å²) in [6, 6.07) is 21.5. The van der Waals surface area contributed by atoms with Gasteiger partial charge in [0.25, 0.3) is 5.78 Å². The van der Waals surface area contributed by atoms with E-state index in [1.165, 1.54) is 28.0 Å². The molecule has 1 N–H and O–H groups in total. The summed E-state index contributed by atoms with van der Waals surface area (Å²) in [6.07, 6.45) is 0.726. The molecule has 202 valence electrons. The molecule has 1 aromatic heterocycles. The summed E-state index contributed by atoms with van der Waals surface area (Å²) in [4.78, 5) is 28.3. The van der Waals surface area contributed by atoms with Crippen LogP contribution in [0.4, 0.5) is 5.13 Å². The number of ketones is 1. The average Bonchev–Trinajstić information content (AvgIpc) is 3.67. The molecule has 2 unspecified atom stereocenters. The van der Waals surface area contributed by atoms with Crippen molar-refractivity contribution in [2.45, 2.75) is 35.6 Å². The Balaban J connectivity index is 1.40. The smallest absolute Gasteiger partial charge is 0.301 e. The van der Waals surface area contributed by atoms with E-state index in [4.69, 9.17) is 9.47 Å². The molecule has 6 rings (SSSR count). The van der Waals surface area contributed by atoms with Gasteiger partial charge in [0, 0.05) is 17.7 Å². The number of anilines is 1. The third-order valence-corrected chi connectivity index (χ3v) is 8.98. The van der Waals surface area contributed by atoms with Gasteiger partial charge in [0.15, 0.2) is 4.34 Å². The van der Waals surface area contributed by atoms with Gasteiger partial charge in [-0.15, -0.1) is 10.2 Å². The van der Waals surface area contributed by atoms with E-state index in [0.29, 0.717) is 33.4 Å². The number of hydrogen-bond donors (Lipinski definition) is 1. The predicted molar refractivity (Wildman–Crippen MR) is 154 cm³/mol. The molecule has 8 nitrogen and oxygen atoms in total. The number of aromatic nitrogens is 2. The SMILES string of the molecule is COc1ccc(C2/C(=C(\O)c3ccc4c(c3)CC(C)O4)C(=O)C(=O)N2c2nnc(SCc3ccccc3)s2)cc1. The molecule has 0 aliphatic carbocycles. The molecule has 1 saturated heterocycles. The number of carbonyl (C=O) groups excluding carboxylic acids is 2. The van der Waals surface area contributed by atoms with Crippen LogP contribution in [0, 0.1) is 0 Å². The van der Waals surface area contributed by atoms with Crippen molar-refractivity contribution in [2.75, 3.05) is 12.0 Å². The summed E-state index contributed by atoms with van der Waals surface area (Å²) in [5, 5.41) is 20.3. The third kappa shape index (κ3) is 4.84. The highest BCUT2D eigenvalue weighted by Crippen LogP contribution is 2.45. The fourth-order valence-electron chi connectivity index (χ4n) is 4.93. The van der Waals surface area contributed by atoms with Gasteiger partial charge >= 0.3 is 5.91 Å².